The van der Waals surface area contributed by atoms with Gasteiger partial charge in [-0.25, -0.2) is 0 Å². The highest BCUT2D eigenvalue weighted by atomic mass is 16.2. The van der Waals surface area contributed by atoms with Crippen molar-refractivity contribution in [3.05, 3.63) is 64.8 Å². The van der Waals surface area contributed by atoms with Crippen LogP contribution in [0.3, 0.4) is 0 Å². The number of amides is 1. The van der Waals surface area contributed by atoms with Crippen LogP contribution in [0.2, 0.25) is 0 Å². The van der Waals surface area contributed by atoms with Gasteiger partial charge in [0, 0.05) is 24.5 Å². The summed E-state index contributed by atoms with van der Waals surface area (Å²) in [5.74, 6) is 0.140. The molecular formula is C20H19N3O. The Balaban J connectivity index is 1.73. The molecule has 1 amide bonds. The molecular weight excluding hydrogens is 298 g/mol. The first-order valence-corrected chi connectivity index (χ1v) is 8.39. The Bertz CT molecular complexity index is 988. The minimum atomic E-state index is -0.0520. The highest BCUT2D eigenvalue weighted by Crippen LogP contribution is 2.42. The van der Waals surface area contributed by atoms with Crippen LogP contribution in [0.15, 0.2) is 42.5 Å². The van der Waals surface area contributed by atoms with E-state index in [2.05, 4.69) is 53.3 Å². The number of rotatable bonds is 0. The zero-order valence-corrected chi connectivity index (χ0v) is 13.8. The number of aromatic amines is 1. The maximum Gasteiger partial charge on any atom is 0.257 e. The van der Waals surface area contributed by atoms with Crippen molar-refractivity contribution in [3.8, 4) is 0 Å². The second kappa shape index (κ2) is 4.63. The highest BCUT2D eigenvalue weighted by Gasteiger charge is 2.41. The third-order valence-electron chi connectivity index (χ3n) is 5.39. The summed E-state index contributed by atoms with van der Waals surface area (Å²) in [6.45, 7) is 2.79. The van der Waals surface area contributed by atoms with Gasteiger partial charge in [-0.3, -0.25) is 4.79 Å². The lowest BCUT2D eigenvalue weighted by atomic mass is 9.95. The van der Waals surface area contributed by atoms with Gasteiger partial charge in [0.2, 0.25) is 0 Å². The Morgan fingerprint density at radius 2 is 2.00 bits per heavy atom. The molecule has 1 aromatic heterocycles. The zero-order chi connectivity index (χ0) is 16.4. The Labute approximate surface area is 140 Å². The standard InChI is InChI=1S/C20H19N3O/c1-12-7-8-17-15(11-12)20(24)23-10-9-14-13-5-3-4-6-16(13)21-18(14)19(23)22(17)2/h3-8,11,19,21H,9-10H2,1-2H3/t19-/m0/s1. The largest absolute Gasteiger partial charge is 0.355 e. The van der Waals surface area contributed by atoms with Crippen LogP contribution < -0.4 is 4.90 Å². The molecule has 0 spiro atoms. The number of anilines is 1. The highest BCUT2D eigenvalue weighted by molar-refractivity contribution is 6.02. The summed E-state index contributed by atoms with van der Waals surface area (Å²) in [5.41, 5.74) is 6.61. The Morgan fingerprint density at radius 3 is 2.88 bits per heavy atom. The number of fused-ring (bicyclic) bond motifs is 6. The number of carbonyl (C=O) groups is 1. The van der Waals surface area contributed by atoms with Crippen molar-refractivity contribution in [3.63, 3.8) is 0 Å². The third kappa shape index (κ3) is 1.65. The number of nitrogens with one attached hydrogen (secondary N) is 1. The van der Waals surface area contributed by atoms with Crippen LogP contribution in [0.1, 0.15) is 33.3 Å². The van der Waals surface area contributed by atoms with Crippen molar-refractivity contribution in [1.82, 2.24) is 9.88 Å². The lowest BCUT2D eigenvalue weighted by Crippen LogP contribution is -2.51. The summed E-state index contributed by atoms with van der Waals surface area (Å²) >= 11 is 0. The lowest BCUT2D eigenvalue weighted by Gasteiger charge is -2.46. The van der Waals surface area contributed by atoms with E-state index in [1.807, 2.05) is 17.9 Å². The van der Waals surface area contributed by atoms with Crippen LogP contribution in [-0.2, 0) is 6.42 Å². The maximum absolute atomic E-state index is 13.1. The molecule has 24 heavy (non-hydrogen) atoms. The van der Waals surface area contributed by atoms with Crippen LogP contribution >= 0.6 is 0 Å². The predicted octanol–water partition coefficient (Wildman–Crippen LogP) is 3.62. The number of carbonyl (C=O) groups excluding carboxylic acids is 1. The van der Waals surface area contributed by atoms with Crippen LogP contribution in [0.25, 0.3) is 10.9 Å². The van der Waals surface area contributed by atoms with Crippen molar-refractivity contribution in [2.75, 3.05) is 18.5 Å². The van der Waals surface area contributed by atoms with Crippen LogP contribution in [0.4, 0.5) is 5.69 Å². The van der Waals surface area contributed by atoms with E-state index in [0.29, 0.717) is 0 Å². The third-order valence-corrected chi connectivity index (χ3v) is 5.39. The summed E-state index contributed by atoms with van der Waals surface area (Å²) in [7, 11) is 2.08. The minimum absolute atomic E-state index is 0.0520. The van der Waals surface area contributed by atoms with Crippen LogP contribution in [0.5, 0.6) is 0 Å². The Hall–Kier alpha value is -2.75. The van der Waals surface area contributed by atoms with E-state index in [9.17, 15) is 4.79 Å². The monoisotopic (exact) mass is 317 g/mol. The summed E-state index contributed by atoms with van der Waals surface area (Å²) in [6, 6.07) is 14.6. The fourth-order valence-corrected chi connectivity index (χ4v) is 4.25. The van der Waals surface area contributed by atoms with Gasteiger partial charge >= 0.3 is 0 Å². The number of benzene rings is 2. The average Bonchev–Trinajstić information content (AvgIpc) is 2.97. The fourth-order valence-electron chi connectivity index (χ4n) is 4.25. The van der Waals surface area contributed by atoms with Gasteiger partial charge in [-0.2, -0.15) is 0 Å². The molecule has 2 aliphatic rings. The molecule has 0 fully saturated rings. The van der Waals surface area contributed by atoms with Gasteiger partial charge in [0.05, 0.1) is 16.9 Å². The first kappa shape index (κ1) is 13.7. The maximum atomic E-state index is 13.1. The second-order valence-corrected chi connectivity index (χ2v) is 6.82. The van der Waals surface area contributed by atoms with E-state index >= 15 is 0 Å². The number of para-hydroxylation sites is 1. The smallest absolute Gasteiger partial charge is 0.257 e. The molecule has 0 bridgehead atoms. The molecule has 5 rings (SSSR count). The van der Waals surface area contributed by atoms with Crippen molar-refractivity contribution in [2.24, 2.45) is 0 Å². The molecule has 3 heterocycles. The van der Waals surface area contributed by atoms with E-state index in [1.54, 1.807) is 0 Å². The SMILES string of the molecule is Cc1ccc2c(c1)C(=O)N1CCc3c([nH]c4ccccc34)[C@H]1N2C. The lowest BCUT2D eigenvalue weighted by molar-refractivity contribution is 0.0634. The quantitative estimate of drug-likeness (QED) is 0.688. The second-order valence-electron chi connectivity index (χ2n) is 6.82. The average molecular weight is 317 g/mol. The van der Waals surface area contributed by atoms with Gasteiger partial charge in [0.25, 0.3) is 5.91 Å². The van der Waals surface area contributed by atoms with E-state index < -0.39 is 0 Å². The van der Waals surface area contributed by atoms with Crippen molar-refractivity contribution in [2.45, 2.75) is 19.5 Å². The molecule has 4 nitrogen and oxygen atoms in total. The number of H-pyrrole nitrogens is 1. The van der Waals surface area contributed by atoms with Crippen molar-refractivity contribution in [1.29, 1.82) is 0 Å². The number of aryl methyl sites for hydroxylation is 1. The Kier molecular flexibility index (Phi) is 2.64. The molecule has 0 saturated carbocycles. The predicted molar refractivity (Wildman–Crippen MR) is 95.4 cm³/mol. The van der Waals surface area contributed by atoms with Crippen LogP contribution in [0, 0.1) is 6.92 Å². The molecule has 1 atom stereocenters. The minimum Gasteiger partial charge on any atom is -0.355 e. The molecule has 0 aliphatic carbocycles. The molecule has 4 heteroatoms. The van der Waals surface area contributed by atoms with Gasteiger partial charge in [0.15, 0.2) is 0 Å². The first-order valence-electron chi connectivity index (χ1n) is 8.39. The van der Waals surface area contributed by atoms with Crippen LogP contribution in [-0.4, -0.2) is 29.4 Å². The topological polar surface area (TPSA) is 39.3 Å². The molecule has 0 unspecified atom stereocenters. The Morgan fingerprint density at radius 1 is 1.17 bits per heavy atom. The van der Waals surface area contributed by atoms with E-state index in [-0.39, 0.29) is 12.1 Å². The summed E-state index contributed by atoms with van der Waals surface area (Å²) in [5, 5.41) is 1.28. The van der Waals surface area contributed by atoms with Gasteiger partial charge in [-0.05, 0) is 37.1 Å². The summed E-state index contributed by atoms with van der Waals surface area (Å²) < 4.78 is 0. The molecule has 2 aromatic carbocycles. The van der Waals surface area contributed by atoms with Gasteiger partial charge in [-0.1, -0.05) is 29.8 Å². The molecule has 120 valence electrons. The van der Waals surface area contributed by atoms with Gasteiger partial charge in [0.1, 0.15) is 6.17 Å². The first-order chi connectivity index (χ1) is 11.6. The van der Waals surface area contributed by atoms with Gasteiger partial charge in [-0.15, -0.1) is 0 Å². The number of aromatic nitrogens is 1. The zero-order valence-electron chi connectivity index (χ0n) is 13.8. The summed E-state index contributed by atoms with van der Waals surface area (Å²) in [4.78, 5) is 20.9. The molecule has 1 N–H and O–H groups in total. The molecule has 0 radical (unpaired) electrons. The normalized spacial score (nSPS) is 19.2. The van der Waals surface area contributed by atoms with E-state index in [1.165, 1.54) is 10.9 Å². The van der Waals surface area contributed by atoms with E-state index in [4.69, 9.17) is 0 Å². The molecule has 0 saturated heterocycles. The number of hydrogen-bond donors (Lipinski definition) is 1. The van der Waals surface area contributed by atoms with Crippen molar-refractivity contribution < 1.29 is 4.79 Å². The van der Waals surface area contributed by atoms with Crippen molar-refractivity contribution >= 4 is 22.5 Å². The molecule has 2 aliphatic heterocycles. The van der Waals surface area contributed by atoms with E-state index in [0.717, 1.165) is 41.0 Å². The van der Waals surface area contributed by atoms with Gasteiger partial charge < -0.3 is 14.8 Å². The summed E-state index contributed by atoms with van der Waals surface area (Å²) in [6.07, 6.45) is 0.847. The number of hydrogen-bond acceptors (Lipinski definition) is 2. The molecule has 3 aromatic rings. The fraction of sp³-hybridized carbons (Fsp3) is 0.250. The number of nitrogens with zero attached hydrogens (tertiary/aromatic N) is 2.